The van der Waals surface area contributed by atoms with E-state index < -0.39 is 0 Å². The molecular formula is C10H12OS. The van der Waals surface area contributed by atoms with Crippen LogP contribution in [-0.4, -0.2) is 5.12 Å². The second-order valence-electron chi connectivity index (χ2n) is 2.75. The van der Waals surface area contributed by atoms with Crippen LogP contribution in [0.15, 0.2) is 18.2 Å². The second kappa shape index (κ2) is 3.76. The third-order valence-electron chi connectivity index (χ3n) is 2.06. The lowest BCUT2D eigenvalue weighted by Crippen LogP contribution is -1.97. The molecule has 0 aliphatic heterocycles. The lowest BCUT2D eigenvalue weighted by molar-refractivity contribution is 0.109. The van der Waals surface area contributed by atoms with Crippen LogP contribution in [0.1, 0.15) is 28.4 Å². The van der Waals surface area contributed by atoms with Gasteiger partial charge in [-0.3, -0.25) is 4.79 Å². The first-order valence-corrected chi connectivity index (χ1v) is 4.43. The molecule has 0 heterocycles. The summed E-state index contributed by atoms with van der Waals surface area (Å²) in [5, 5.41) is -0.150. The van der Waals surface area contributed by atoms with Gasteiger partial charge in [0.15, 0.2) is 0 Å². The lowest BCUT2D eigenvalue weighted by Gasteiger charge is -2.05. The summed E-state index contributed by atoms with van der Waals surface area (Å²) in [6.45, 7) is 4.04. The molecule has 0 saturated heterocycles. The predicted molar refractivity (Wildman–Crippen MR) is 53.9 cm³/mol. The lowest BCUT2D eigenvalue weighted by atomic mass is 10.0. The van der Waals surface area contributed by atoms with Crippen molar-refractivity contribution in [1.29, 1.82) is 0 Å². The van der Waals surface area contributed by atoms with Crippen molar-refractivity contribution in [2.45, 2.75) is 20.3 Å². The van der Waals surface area contributed by atoms with Crippen LogP contribution in [0.4, 0.5) is 0 Å². The van der Waals surface area contributed by atoms with Crippen molar-refractivity contribution in [3.05, 3.63) is 34.9 Å². The maximum absolute atomic E-state index is 11.0. The fourth-order valence-corrected chi connectivity index (χ4v) is 1.54. The average Bonchev–Trinajstić information content (AvgIpc) is 2.04. The van der Waals surface area contributed by atoms with Crippen molar-refractivity contribution >= 4 is 17.7 Å². The van der Waals surface area contributed by atoms with Crippen molar-refractivity contribution in [2.24, 2.45) is 0 Å². The Morgan fingerprint density at radius 2 is 2.17 bits per heavy atom. The van der Waals surface area contributed by atoms with Crippen LogP contribution >= 0.6 is 12.6 Å². The number of benzene rings is 1. The molecule has 0 aliphatic carbocycles. The van der Waals surface area contributed by atoms with E-state index in [0.717, 1.165) is 17.5 Å². The third kappa shape index (κ3) is 1.69. The smallest absolute Gasteiger partial charge is 0.216 e. The van der Waals surface area contributed by atoms with E-state index in [0.29, 0.717) is 0 Å². The zero-order valence-electron chi connectivity index (χ0n) is 7.29. The normalized spacial score (nSPS) is 9.92. The van der Waals surface area contributed by atoms with Gasteiger partial charge in [0.1, 0.15) is 0 Å². The molecule has 1 aromatic carbocycles. The van der Waals surface area contributed by atoms with Gasteiger partial charge in [-0.2, -0.15) is 0 Å². The molecule has 2 heteroatoms. The zero-order valence-corrected chi connectivity index (χ0v) is 8.19. The molecule has 0 radical (unpaired) electrons. The largest absolute Gasteiger partial charge is 0.282 e. The fourth-order valence-electron chi connectivity index (χ4n) is 1.30. The minimum atomic E-state index is -0.150. The summed E-state index contributed by atoms with van der Waals surface area (Å²) in [6, 6.07) is 5.74. The molecule has 0 fully saturated rings. The van der Waals surface area contributed by atoms with Crippen LogP contribution in [0, 0.1) is 6.92 Å². The van der Waals surface area contributed by atoms with Gasteiger partial charge in [-0.1, -0.05) is 25.1 Å². The fraction of sp³-hybridized carbons (Fsp3) is 0.300. The summed E-state index contributed by atoms with van der Waals surface area (Å²) in [7, 11) is 0. The molecule has 0 saturated carbocycles. The SMILES string of the molecule is CCc1cccc(C(=O)S)c1C. The maximum atomic E-state index is 11.0. The third-order valence-corrected chi connectivity index (χ3v) is 2.30. The van der Waals surface area contributed by atoms with E-state index in [1.165, 1.54) is 5.56 Å². The van der Waals surface area contributed by atoms with E-state index in [9.17, 15) is 4.79 Å². The minimum Gasteiger partial charge on any atom is -0.282 e. The molecule has 0 aromatic heterocycles. The Bertz CT molecular complexity index is 305. The molecule has 0 unspecified atom stereocenters. The number of hydrogen-bond acceptors (Lipinski definition) is 1. The Morgan fingerprint density at radius 1 is 1.50 bits per heavy atom. The summed E-state index contributed by atoms with van der Waals surface area (Å²) in [4.78, 5) is 11.0. The van der Waals surface area contributed by atoms with E-state index in [1.807, 2.05) is 25.1 Å². The van der Waals surface area contributed by atoms with Gasteiger partial charge < -0.3 is 0 Å². The van der Waals surface area contributed by atoms with Crippen LogP contribution < -0.4 is 0 Å². The highest BCUT2D eigenvalue weighted by molar-refractivity contribution is 7.97. The van der Waals surface area contributed by atoms with Crippen molar-refractivity contribution in [1.82, 2.24) is 0 Å². The summed E-state index contributed by atoms with van der Waals surface area (Å²) >= 11 is 3.80. The Kier molecular flexibility index (Phi) is 2.93. The molecule has 0 bridgehead atoms. The molecule has 1 nitrogen and oxygen atoms in total. The van der Waals surface area contributed by atoms with Crippen LogP contribution in [0.3, 0.4) is 0 Å². The Balaban J connectivity index is 3.23. The van der Waals surface area contributed by atoms with Gasteiger partial charge in [0, 0.05) is 5.56 Å². The molecule has 0 atom stereocenters. The molecule has 0 aliphatic rings. The van der Waals surface area contributed by atoms with Crippen LogP contribution in [-0.2, 0) is 6.42 Å². The first kappa shape index (κ1) is 9.33. The van der Waals surface area contributed by atoms with Crippen LogP contribution in [0.25, 0.3) is 0 Å². The molecular weight excluding hydrogens is 168 g/mol. The molecule has 1 rings (SSSR count). The Morgan fingerprint density at radius 3 is 2.67 bits per heavy atom. The molecule has 0 amide bonds. The van der Waals surface area contributed by atoms with Gasteiger partial charge in [0.05, 0.1) is 0 Å². The standard InChI is InChI=1S/C10H12OS/c1-3-8-5-4-6-9(7(8)2)10(11)12/h4-6H,3H2,1-2H3,(H,11,12). The number of carbonyl (C=O) groups is 1. The van der Waals surface area contributed by atoms with Crippen molar-refractivity contribution in [3.8, 4) is 0 Å². The summed E-state index contributed by atoms with van der Waals surface area (Å²) in [6.07, 6.45) is 0.959. The quantitative estimate of drug-likeness (QED) is 0.692. The first-order chi connectivity index (χ1) is 5.66. The first-order valence-electron chi connectivity index (χ1n) is 3.98. The number of hydrogen-bond donors (Lipinski definition) is 1. The molecule has 64 valence electrons. The van der Waals surface area contributed by atoms with E-state index in [-0.39, 0.29) is 5.12 Å². The van der Waals surface area contributed by atoms with Gasteiger partial charge in [0.2, 0.25) is 5.12 Å². The van der Waals surface area contributed by atoms with Crippen molar-refractivity contribution < 1.29 is 4.79 Å². The van der Waals surface area contributed by atoms with Gasteiger partial charge >= 0.3 is 0 Å². The van der Waals surface area contributed by atoms with Crippen LogP contribution in [0.2, 0.25) is 0 Å². The second-order valence-corrected chi connectivity index (χ2v) is 3.15. The maximum Gasteiger partial charge on any atom is 0.216 e. The van der Waals surface area contributed by atoms with Crippen molar-refractivity contribution in [3.63, 3.8) is 0 Å². The predicted octanol–water partition coefficient (Wildman–Crippen LogP) is 2.63. The summed E-state index contributed by atoms with van der Waals surface area (Å²) in [5.41, 5.74) is 2.99. The van der Waals surface area contributed by atoms with Gasteiger partial charge in [-0.05, 0) is 24.5 Å². The van der Waals surface area contributed by atoms with Gasteiger partial charge in [-0.25, -0.2) is 0 Å². The highest BCUT2D eigenvalue weighted by Gasteiger charge is 2.06. The summed E-state index contributed by atoms with van der Waals surface area (Å²) < 4.78 is 0. The number of aryl methyl sites for hydroxylation is 1. The van der Waals surface area contributed by atoms with E-state index in [1.54, 1.807) is 0 Å². The highest BCUT2D eigenvalue weighted by Crippen LogP contribution is 2.15. The average molecular weight is 180 g/mol. The minimum absolute atomic E-state index is 0.150. The monoisotopic (exact) mass is 180 g/mol. The topological polar surface area (TPSA) is 17.1 Å². The zero-order chi connectivity index (χ0) is 9.14. The number of thiol groups is 1. The molecule has 1 aromatic rings. The molecule has 12 heavy (non-hydrogen) atoms. The van der Waals surface area contributed by atoms with Crippen molar-refractivity contribution in [2.75, 3.05) is 0 Å². The van der Waals surface area contributed by atoms with E-state index >= 15 is 0 Å². The number of rotatable bonds is 2. The van der Waals surface area contributed by atoms with Crippen LogP contribution in [0.5, 0.6) is 0 Å². The molecule has 0 N–H and O–H groups in total. The Hall–Kier alpha value is -0.760. The summed E-state index contributed by atoms with van der Waals surface area (Å²) in [5.74, 6) is 0. The van der Waals surface area contributed by atoms with E-state index in [4.69, 9.17) is 0 Å². The Labute approximate surface area is 78.2 Å². The van der Waals surface area contributed by atoms with Gasteiger partial charge in [0.25, 0.3) is 0 Å². The van der Waals surface area contributed by atoms with E-state index in [2.05, 4.69) is 19.6 Å². The number of carbonyl (C=O) groups excluding carboxylic acids is 1. The van der Waals surface area contributed by atoms with Gasteiger partial charge in [-0.15, -0.1) is 12.6 Å². The highest BCUT2D eigenvalue weighted by atomic mass is 32.1. The molecule has 0 spiro atoms.